The molecule has 2 unspecified atom stereocenters. The number of ether oxygens (including phenoxy) is 2. The molecule has 127 heavy (non-hydrogen) atoms. The van der Waals surface area contributed by atoms with Crippen LogP contribution in [-0.4, -0.2) is 13.2 Å². The standard InChI is InChI=1S/C118H98F4N2O3/c1-9-77-35-57-97(58-36-77)125-67-17-15-21-79-31-41-87(42-32-79)117(89-49-45-85(46-50-89)115(3,4)5)105-29-13-11-27-99(105)101-61-39-83(71-107(101)117)81-23-19-25-91(69-81)123(95-53-63-109(119)111(121)75-95)93-55-65-113-103(73-93)104-74-94(56-66-114(104)127-113)124(96-54-64-110(120)112(122)76-96)92-26-20-24-82(70-92)84-40-62-102-100-28-12-14-30-106(100)118(108(102)72-84,90-51-47-86(48-52-90)116(6,7)8)88-43-33-80(34-44-88)22-16-18-68-126-98-59-37-78(10-2)38-60-98/h9-14,19-20,23-66,69-76H,1-2,15-18,21-22,67-68H2,3-8H3. The molecule has 0 fully saturated rings. The lowest BCUT2D eigenvalue weighted by molar-refractivity contribution is 0.307. The summed E-state index contributed by atoms with van der Waals surface area (Å²) < 4.78 is 81.8. The van der Waals surface area contributed by atoms with E-state index in [2.05, 4.69) is 261 Å². The van der Waals surface area contributed by atoms with Crippen molar-refractivity contribution < 1.29 is 31.5 Å². The summed E-state index contributed by atoms with van der Waals surface area (Å²) in [7, 11) is 0. The van der Waals surface area contributed by atoms with Gasteiger partial charge in [0.1, 0.15) is 22.7 Å². The van der Waals surface area contributed by atoms with E-state index < -0.39 is 34.1 Å². The Morgan fingerprint density at radius 2 is 0.654 bits per heavy atom. The van der Waals surface area contributed by atoms with Crippen molar-refractivity contribution in [1.29, 1.82) is 0 Å². The second-order valence-electron chi connectivity index (χ2n) is 35.7. The molecule has 0 saturated heterocycles. The van der Waals surface area contributed by atoms with Crippen molar-refractivity contribution in [3.8, 4) is 56.0 Å². The van der Waals surface area contributed by atoms with Gasteiger partial charge in [-0.3, -0.25) is 0 Å². The summed E-state index contributed by atoms with van der Waals surface area (Å²) in [6.45, 7) is 22.5. The molecule has 0 N–H and O–H groups in total. The van der Waals surface area contributed by atoms with Crippen LogP contribution in [0.15, 0.2) is 369 Å². The van der Waals surface area contributed by atoms with E-state index in [9.17, 15) is 0 Å². The van der Waals surface area contributed by atoms with E-state index in [1.54, 1.807) is 12.1 Å². The second kappa shape index (κ2) is 34.0. The van der Waals surface area contributed by atoms with Gasteiger partial charge in [-0.1, -0.05) is 285 Å². The zero-order valence-electron chi connectivity index (χ0n) is 72.3. The Hall–Kier alpha value is -14.3. The molecule has 0 amide bonds. The molecule has 0 aliphatic heterocycles. The highest BCUT2D eigenvalue weighted by atomic mass is 19.2. The third-order valence-corrected chi connectivity index (χ3v) is 25.9. The maximum atomic E-state index is 16.1. The molecule has 1 heterocycles. The number of furan rings is 1. The Balaban J connectivity index is 0.672. The Morgan fingerprint density at radius 3 is 1.03 bits per heavy atom. The van der Waals surface area contributed by atoms with Crippen LogP contribution in [0, 0.1) is 23.3 Å². The van der Waals surface area contributed by atoms with Crippen LogP contribution < -0.4 is 19.3 Å². The van der Waals surface area contributed by atoms with Crippen LogP contribution in [-0.2, 0) is 34.5 Å². The molecule has 0 saturated carbocycles. The van der Waals surface area contributed by atoms with Crippen LogP contribution in [0.4, 0.5) is 51.7 Å². The van der Waals surface area contributed by atoms with Crippen LogP contribution in [0.1, 0.15) is 145 Å². The van der Waals surface area contributed by atoms with Crippen molar-refractivity contribution in [2.24, 2.45) is 0 Å². The van der Waals surface area contributed by atoms with Gasteiger partial charge in [-0.05, 0) is 293 Å². The molecule has 2 aliphatic rings. The molecule has 17 aromatic rings. The van der Waals surface area contributed by atoms with Gasteiger partial charge in [-0.15, -0.1) is 0 Å². The fourth-order valence-corrected chi connectivity index (χ4v) is 19.2. The lowest BCUT2D eigenvalue weighted by Crippen LogP contribution is -2.29. The van der Waals surface area contributed by atoms with Gasteiger partial charge in [0.15, 0.2) is 23.3 Å². The molecular weight excluding hydrogens is 1570 g/mol. The third-order valence-electron chi connectivity index (χ3n) is 25.9. The van der Waals surface area contributed by atoms with E-state index >= 15 is 17.6 Å². The Kier molecular flexibility index (Phi) is 22.0. The van der Waals surface area contributed by atoms with Crippen LogP contribution in [0.2, 0.25) is 0 Å². The number of fused-ring (bicyclic) bond motifs is 9. The van der Waals surface area contributed by atoms with Gasteiger partial charge < -0.3 is 23.7 Å². The van der Waals surface area contributed by atoms with Crippen molar-refractivity contribution in [2.45, 2.75) is 102 Å². The number of rotatable bonds is 26. The molecule has 16 aromatic carbocycles. The van der Waals surface area contributed by atoms with E-state index in [1.807, 2.05) is 131 Å². The number of unbranched alkanes of at least 4 members (excludes halogenated alkanes) is 2. The minimum absolute atomic E-state index is 0.0756. The summed E-state index contributed by atoms with van der Waals surface area (Å²) in [5, 5.41) is 1.45. The molecule has 2 atom stereocenters. The predicted molar refractivity (Wildman–Crippen MR) is 516 cm³/mol. The summed E-state index contributed by atoms with van der Waals surface area (Å²) in [6.07, 6.45) is 9.25. The van der Waals surface area contributed by atoms with Gasteiger partial charge in [0, 0.05) is 57.0 Å². The molecule has 0 bridgehead atoms. The summed E-state index contributed by atoms with van der Waals surface area (Å²) in [4.78, 5) is 3.89. The van der Waals surface area contributed by atoms with Crippen molar-refractivity contribution in [2.75, 3.05) is 23.0 Å². The van der Waals surface area contributed by atoms with Gasteiger partial charge in [0.2, 0.25) is 0 Å². The smallest absolute Gasteiger partial charge is 0.160 e. The molecule has 0 spiro atoms. The number of hydrogen-bond donors (Lipinski definition) is 0. The van der Waals surface area contributed by atoms with Crippen molar-refractivity contribution in [1.82, 2.24) is 0 Å². The fourth-order valence-electron chi connectivity index (χ4n) is 19.2. The number of anilines is 6. The highest BCUT2D eigenvalue weighted by Gasteiger charge is 2.48. The Labute approximate surface area is 741 Å². The van der Waals surface area contributed by atoms with E-state index in [0.717, 1.165) is 151 Å². The first-order chi connectivity index (χ1) is 61.7. The van der Waals surface area contributed by atoms with E-state index in [-0.39, 0.29) is 10.8 Å². The topological polar surface area (TPSA) is 38.1 Å². The lowest BCUT2D eigenvalue weighted by Gasteiger charge is -2.35. The maximum Gasteiger partial charge on any atom is 0.160 e. The van der Waals surface area contributed by atoms with Gasteiger partial charge in [0.25, 0.3) is 0 Å². The summed E-state index contributed by atoms with van der Waals surface area (Å²) in [6, 6.07) is 120. The number of hydrogen-bond acceptors (Lipinski definition) is 5. The molecule has 9 heteroatoms. The fraction of sp³-hybridized carbons (Fsp3) is 0.153. The molecular formula is C118H98F4N2O3. The normalized spacial score (nSPS) is 14.4. The highest BCUT2D eigenvalue weighted by molar-refractivity contribution is 6.08. The average molecular weight is 1670 g/mol. The zero-order chi connectivity index (χ0) is 87.3. The van der Waals surface area contributed by atoms with E-state index in [0.29, 0.717) is 58.5 Å². The Bertz CT molecular complexity index is 6580. The lowest BCUT2D eigenvalue weighted by atomic mass is 9.67. The zero-order valence-corrected chi connectivity index (χ0v) is 72.3. The monoisotopic (exact) mass is 1670 g/mol. The van der Waals surface area contributed by atoms with Crippen molar-refractivity contribution >= 4 is 68.2 Å². The first-order valence-electron chi connectivity index (χ1n) is 44.0. The molecule has 1 aromatic heterocycles. The molecule has 0 radical (unpaired) electrons. The molecule has 2 aliphatic carbocycles. The van der Waals surface area contributed by atoms with Crippen LogP contribution >= 0.6 is 0 Å². The summed E-state index contributed by atoms with van der Waals surface area (Å²) in [5.74, 6) is -2.22. The van der Waals surface area contributed by atoms with E-state index in [4.69, 9.17) is 13.9 Å². The minimum atomic E-state index is -0.996. The number of nitrogens with zero attached hydrogens (tertiary/aromatic N) is 2. The summed E-state index contributed by atoms with van der Waals surface area (Å²) in [5.41, 5.74) is 27.8. The van der Waals surface area contributed by atoms with Crippen molar-refractivity contribution in [3.63, 3.8) is 0 Å². The van der Waals surface area contributed by atoms with Gasteiger partial charge in [0.05, 0.1) is 24.0 Å². The maximum absolute atomic E-state index is 16.1. The molecule has 19 rings (SSSR count). The van der Waals surface area contributed by atoms with E-state index in [1.165, 1.54) is 56.6 Å². The average Bonchev–Trinajstić information content (AvgIpc) is 1.54. The SMILES string of the molecule is C=Cc1ccc(OCCCCc2ccc(C3(c4ccc(C(C)(C)C)cc4)c4ccccc4-c4ccc(-c5cccc(N(c6ccc(F)c(F)c6)c6ccc7oc8ccc(N(c9cccc(-c%10ccc%11c(c%10)C(c%10ccc(CCCCOc%12ccc(C=C)cc%12)cc%10)(c%10ccc(C(C)(C)C)cc%10)c%10ccccc%10-%11)c9)c9ccc(F)c(F)c9)cc8c7c6)c5)cc43)cc2)cc1. The Morgan fingerprint density at radius 1 is 0.307 bits per heavy atom. The van der Waals surface area contributed by atoms with Gasteiger partial charge in [-0.2, -0.15) is 0 Å². The second-order valence-corrected chi connectivity index (χ2v) is 35.7. The van der Waals surface area contributed by atoms with Crippen LogP contribution in [0.25, 0.3) is 78.6 Å². The minimum Gasteiger partial charge on any atom is -0.494 e. The van der Waals surface area contributed by atoms with Gasteiger partial charge >= 0.3 is 0 Å². The predicted octanol–water partition coefficient (Wildman–Crippen LogP) is 31.8. The largest absolute Gasteiger partial charge is 0.494 e. The molecule has 626 valence electrons. The first kappa shape index (κ1) is 82.3. The third kappa shape index (κ3) is 15.6. The summed E-state index contributed by atoms with van der Waals surface area (Å²) >= 11 is 0. The molecule has 5 nitrogen and oxygen atoms in total. The quantitative estimate of drug-likeness (QED) is 0.0399. The number of benzene rings is 16. The van der Waals surface area contributed by atoms with Gasteiger partial charge in [-0.25, -0.2) is 17.6 Å². The van der Waals surface area contributed by atoms with Crippen LogP contribution in [0.3, 0.4) is 0 Å². The number of aryl methyl sites for hydroxylation is 2. The first-order valence-corrected chi connectivity index (χ1v) is 44.0. The van der Waals surface area contributed by atoms with Crippen LogP contribution in [0.5, 0.6) is 11.5 Å². The van der Waals surface area contributed by atoms with Crippen molar-refractivity contribution in [3.05, 3.63) is 466 Å². The number of halogens is 4. The highest BCUT2D eigenvalue weighted by Crippen LogP contribution is 2.60.